The molecule has 0 aromatic heterocycles. The van der Waals surface area contributed by atoms with E-state index in [2.05, 4.69) is 30.8 Å². The van der Waals surface area contributed by atoms with Crippen LogP contribution in [0.1, 0.15) is 38.3 Å². The minimum Gasteiger partial charge on any atom is -0.326 e. The van der Waals surface area contributed by atoms with Gasteiger partial charge in [-0.05, 0) is 47.7 Å². The molecule has 0 heterocycles. The van der Waals surface area contributed by atoms with Gasteiger partial charge in [0.15, 0.2) is 0 Å². The van der Waals surface area contributed by atoms with Crippen molar-refractivity contribution in [3.63, 3.8) is 0 Å². The molecule has 0 radical (unpaired) electrons. The van der Waals surface area contributed by atoms with E-state index in [0.717, 1.165) is 11.1 Å². The molecule has 0 atom stereocenters. The van der Waals surface area contributed by atoms with Gasteiger partial charge in [0, 0.05) is 18.7 Å². The van der Waals surface area contributed by atoms with Crippen molar-refractivity contribution < 1.29 is 13.2 Å². The summed E-state index contributed by atoms with van der Waals surface area (Å²) in [5.41, 5.74) is 2.77. The lowest BCUT2D eigenvalue weighted by atomic mass is 9.87. The van der Waals surface area contributed by atoms with E-state index in [1.807, 2.05) is 37.3 Å². The van der Waals surface area contributed by atoms with Crippen molar-refractivity contribution >= 4 is 21.6 Å². The molecule has 140 valence electrons. The van der Waals surface area contributed by atoms with Crippen LogP contribution in [0.5, 0.6) is 0 Å². The third kappa shape index (κ3) is 5.68. The fraction of sp³-hybridized carbons (Fsp3) is 0.350. The Labute approximate surface area is 155 Å². The van der Waals surface area contributed by atoms with Crippen LogP contribution in [0.3, 0.4) is 0 Å². The second kappa shape index (κ2) is 8.01. The summed E-state index contributed by atoms with van der Waals surface area (Å²) in [7, 11) is -3.63. The second-order valence-corrected chi connectivity index (χ2v) is 9.11. The SMILES string of the molecule is Cc1cccc(NC(=O)CCNS(=O)(=O)c2ccc(C(C)(C)C)cc2)c1. The van der Waals surface area contributed by atoms with Crippen LogP contribution in [0.4, 0.5) is 5.69 Å². The highest BCUT2D eigenvalue weighted by Crippen LogP contribution is 2.23. The Balaban J connectivity index is 1.90. The highest BCUT2D eigenvalue weighted by Gasteiger charge is 2.17. The van der Waals surface area contributed by atoms with Gasteiger partial charge in [-0.3, -0.25) is 4.79 Å². The van der Waals surface area contributed by atoms with E-state index in [0.29, 0.717) is 5.69 Å². The number of amides is 1. The van der Waals surface area contributed by atoms with E-state index in [1.165, 1.54) is 0 Å². The molecule has 0 spiro atoms. The van der Waals surface area contributed by atoms with Gasteiger partial charge in [0.2, 0.25) is 15.9 Å². The van der Waals surface area contributed by atoms with Gasteiger partial charge in [-0.1, -0.05) is 45.0 Å². The summed E-state index contributed by atoms with van der Waals surface area (Å²) < 4.78 is 27.1. The van der Waals surface area contributed by atoms with E-state index in [9.17, 15) is 13.2 Å². The van der Waals surface area contributed by atoms with E-state index in [-0.39, 0.29) is 29.2 Å². The highest BCUT2D eigenvalue weighted by atomic mass is 32.2. The Bertz CT molecular complexity index is 867. The predicted octanol–water partition coefficient (Wildman–Crippen LogP) is 3.60. The Morgan fingerprint density at radius 2 is 1.69 bits per heavy atom. The first-order valence-corrected chi connectivity index (χ1v) is 10.0. The van der Waals surface area contributed by atoms with Crippen LogP contribution in [-0.4, -0.2) is 20.9 Å². The number of hydrogen-bond donors (Lipinski definition) is 2. The minimum atomic E-state index is -3.63. The largest absolute Gasteiger partial charge is 0.326 e. The number of sulfonamides is 1. The molecule has 0 bridgehead atoms. The summed E-state index contributed by atoms with van der Waals surface area (Å²) >= 11 is 0. The third-order valence-corrected chi connectivity index (χ3v) is 5.45. The lowest BCUT2D eigenvalue weighted by molar-refractivity contribution is -0.116. The van der Waals surface area contributed by atoms with Gasteiger partial charge in [0.1, 0.15) is 0 Å². The van der Waals surface area contributed by atoms with Gasteiger partial charge >= 0.3 is 0 Å². The minimum absolute atomic E-state index is 0.0381. The lowest BCUT2D eigenvalue weighted by Crippen LogP contribution is -2.28. The quantitative estimate of drug-likeness (QED) is 0.811. The zero-order chi connectivity index (χ0) is 19.4. The zero-order valence-electron chi connectivity index (χ0n) is 15.7. The summed E-state index contributed by atoms with van der Waals surface area (Å²) in [5, 5.41) is 2.76. The van der Waals surface area contributed by atoms with Crippen LogP contribution >= 0.6 is 0 Å². The summed E-state index contributed by atoms with van der Waals surface area (Å²) in [6.07, 6.45) is 0.0627. The maximum Gasteiger partial charge on any atom is 0.240 e. The van der Waals surface area contributed by atoms with Crippen LogP contribution in [0.25, 0.3) is 0 Å². The summed E-state index contributed by atoms with van der Waals surface area (Å²) in [4.78, 5) is 12.2. The molecular formula is C20H26N2O3S. The van der Waals surface area contributed by atoms with Gasteiger partial charge in [0.05, 0.1) is 4.90 Å². The van der Waals surface area contributed by atoms with Crippen molar-refractivity contribution in [3.05, 3.63) is 59.7 Å². The van der Waals surface area contributed by atoms with Crippen molar-refractivity contribution in [2.45, 2.75) is 44.4 Å². The van der Waals surface area contributed by atoms with E-state index in [1.54, 1.807) is 18.2 Å². The Kier molecular flexibility index (Phi) is 6.21. The van der Waals surface area contributed by atoms with Crippen molar-refractivity contribution in [3.8, 4) is 0 Å². The molecule has 0 aliphatic rings. The molecule has 0 saturated carbocycles. The molecular weight excluding hydrogens is 348 g/mol. The van der Waals surface area contributed by atoms with Crippen LogP contribution in [-0.2, 0) is 20.2 Å². The van der Waals surface area contributed by atoms with Gasteiger partial charge < -0.3 is 5.32 Å². The fourth-order valence-corrected chi connectivity index (χ4v) is 3.49. The van der Waals surface area contributed by atoms with Gasteiger partial charge in [-0.15, -0.1) is 0 Å². The van der Waals surface area contributed by atoms with Crippen molar-refractivity contribution in [1.82, 2.24) is 4.72 Å². The molecule has 0 saturated heterocycles. The first-order chi connectivity index (χ1) is 12.1. The molecule has 0 aliphatic heterocycles. The molecule has 0 unspecified atom stereocenters. The van der Waals surface area contributed by atoms with Crippen LogP contribution < -0.4 is 10.0 Å². The Hall–Kier alpha value is -2.18. The number of hydrogen-bond acceptors (Lipinski definition) is 3. The second-order valence-electron chi connectivity index (χ2n) is 7.34. The summed E-state index contributed by atoms with van der Waals surface area (Å²) in [6.45, 7) is 8.19. The average molecular weight is 375 g/mol. The van der Waals surface area contributed by atoms with Crippen LogP contribution in [0.15, 0.2) is 53.4 Å². The van der Waals surface area contributed by atoms with Crippen LogP contribution in [0.2, 0.25) is 0 Å². The van der Waals surface area contributed by atoms with Gasteiger partial charge in [-0.25, -0.2) is 13.1 Å². The van der Waals surface area contributed by atoms with E-state index in [4.69, 9.17) is 0 Å². The topological polar surface area (TPSA) is 75.3 Å². The first-order valence-electron chi connectivity index (χ1n) is 8.55. The molecule has 5 nitrogen and oxygen atoms in total. The van der Waals surface area contributed by atoms with Crippen LogP contribution in [0, 0.1) is 6.92 Å². The monoisotopic (exact) mass is 374 g/mol. The maximum absolute atomic E-state index is 12.3. The molecule has 26 heavy (non-hydrogen) atoms. The molecule has 2 aromatic rings. The van der Waals surface area contributed by atoms with Crippen molar-refractivity contribution in [2.24, 2.45) is 0 Å². The molecule has 2 rings (SSSR count). The molecule has 2 aromatic carbocycles. The lowest BCUT2D eigenvalue weighted by Gasteiger charge is -2.19. The number of carbonyl (C=O) groups is 1. The Morgan fingerprint density at radius 1 is 1.04 bits per heavy atom. The molecule has 6 heteroatoms. The smallest absolute Gasteiger partial charge is 0.240 e. The van der Waals surface area contributed by atoms with E-state index < -0.39 is 10.0 Å². The molecule has 0 aliphatic carbocycles. The first kappa shape index (κ1) is 20.1. The predicted molar refractivity (Wildman–Crippen MR) is 105 cm³/mol. The maximum atomic E-state index is 12.3. The molecule has 2 N–H and O–H groups in total. The molecule has 1 amide bonds. The number of anilines is 1. The van der Waals surface area contributed by atoms with E-state index >= 15 is 0 Å². The average Bonchev–Trinajstić information content (AvgIpc) is 2.54. The number of rotatable bonds is 6. The summed E-state index contributed by atoms with van der Waals surface area (Å²) in [5.74, 6) is -0.235. The van der Waals surface area contributed by atoms with Gasteiger partial charge in [-0.2, -0.15) is 0 Å². The molecule has 0 fully saturated rings. The zero-order valence-corrected chi connectivity index (χ0v) is 16.5. The normalized spacial score (nSPS) is 12.0. The highest BCUT2D eigenvalue weighted by molar-refractivity contribution is 7.89. The van der Waals surface area contributed by atoms with Crippen molar-refractivity contribution in [1.29, 1.82) is 0 Å². The number of benzene rings is 2. The van der Waals surface area contributed by atoms with Crippen molar-refractivity contribution in [2.75, 3.05) is 11.9 Å². The number of carbonyl (C=O) groups excluding carboxylic acids is 1. The number of aryl methyl sites for hydroxylation is 1. The fourth-order valence-electron chi connectivity index (χ4n) is 2.46. The standard InChI is InChI=1S/C20H26N2O3S/c1-15-6-5-7-17(14-15)22-19(23)12-13-21-26(24,25)18-10-8-16(9-11-18)20(2,3)4/h5-11,14,21H,12-13H2,1-4H3,(H,22,23). The Morgan fingerprint density at radius 3 is 2.27 bits per heavy atom. The summed E-state index contributed by atoms with van der Waals surface area (Å²) in [6, 6.07) is 14.3. The van der Waals surface area contributed by atoms with Gasteiger partial charge in [0.25, 0.3) is 0 Å². The third-order valence-electron chi connectivity index (χ3n) is 3.98. The number of nitrogens with one attached hydrogen (secondary N) is 2.